The Morgan fingerprint density at radius 1 is 1.10 bits per heavy atom. The zero-order chi connectivity index (χ0) is 22.3. The first-order chi connectivity index (χ1) is 14.9. The van der Waals surface area contributed by atoms with Gasteiger partial charge in [-0.15, -0.1) is 0 Å². The lowest BCUT2D eigenvalue weighted by Crippen LogP contribution is -2.31. The van der Waals surface area contributed by atoms with Crippen LogP contribution in [0.25, 0.3) is 10.8 Å². The van der Waals surface area contributed by atoms with Crippen LogP contribution < -0.4 is 19.1 Å². The van der Waals surface area contributed by atoms with Gasteiger partial charge >= 0.3 is 0 Å². The van der Waals surface area contributed by atoms with Crippen LogP contribution in [0.15, 0.2) is 42.5 Å². The largest absolute Gasteiger partial charge is 0.493 e. The van der Waals surface area contributed by atoms with E-state index in [0.29, 0.717) is 17.2 Å². The van der Waals surface area contributed by atoms with Gasteiger partial charge in [0.25, 0.3) is 0 Å². The molecule has 1 aliphatic heterocycles. The molecule has 0 saturated carbocycles. The summed E-state index contributed by atoms with van der Waals surface area (Å²) in [5.41, 5.74) is 2.83. The Hall–Kier alpha value is -2.99. The number of hydrogen-bond acceptors (Lipinski definition) is 6. The molecule has 0 aliphatic carbocycles. The molecule has 158 valence electrons. The number of ether oxygens (including phenoxy) is 3. The normalized spacial score (nSPS) is 17.5. The minimum Gasteiger partial charge on any atom is -0.493 e. The molecule has 6 nitrogen and oxygen atoms in total. The second-order valence-electron chi connectivity index (χ2n) is 7.54. The fourth-order valence-corrected chi connectivity index (χ4v) is 5.05. The van der Waals surface area contributed by atoms with Crippen molar-refractivity contribution in [1.82, 2.24) is 0 Å². The van der Waals surface area contributed by atoms with Crippen LogP contribution in [0, 0.1) is 26.2 Å². The highest BCUT2D eigenvalue weighted by atomic mass is 127. The highest BCUT2D eigenvalue weighted by Gasteiger charge is 2.38. The van der Waals surface area contributed by atoms with E-state index in [1.54, 1.807) is 14.2 Å². The summed E-state index contributed by atoms with van der Waals surface area (Å²) in [6.07, 6.45) is 0. The van der Waals surface area contributed by atoms with E-state index in [-0.39, 0.29) is 11.8 Å². The maximum Gasteiger partial charge on any atom is 0.205 e. The summed E-state index contributed by atoms with van der Waals surface area (Å²) in [4.78, 5) is 2.05. The molecule has 31 heavy (non-hydrogen) atoms. The van der Waals surface area contributed by atoms with Crippen LogP contribution in [0.2, 0.25) is 0 Å². The Morgan fingerprint density at radius 2 is 1.87 bits per heavy atom. The van der Waals surface area contributed by atoms with Gasteiger partial charge in [-0.1, -0.05) is 24.3 Å². The van der Waals surface area contributed by atoms with Crippen molar-refractivity contribution < 1.29 is 14.2 Å². The molecule has 0 aromatic heterocycles. The number of fused-ring (bicyclic) bond motifs is 3. The maximum atomic E-state index is 9.91. The quantitative estimate of drug-likeness (QED) is 0.474. The molecule has 3 aromatic carbocycles. The third-order valence-electron chi connectivity index (χ3n) is 5.62. The van der Waals surface area contributed by atoms with Crippen molar-refractivity contribution in [3.05, 3.63) is 57.2 Å². The molecule has 1 heterocycles. The molecule has 4 rings (SSSR count). The minimum atomic E-state index is -0.740. The molecule has 0 spiro atoms. The fourth-order valence-electron chi connectivity index (χ4n) is 4.21. The van der Waals surface area contributed by atoms with Crippen molar-refractivity contribution >= 4 is 44.9 Å². The second-order valence-corrected chi connectivity index (χ2v) is 8.70. The molecule has 1 N–H and O–H groups in total. The number of methoxy groups -OCH3 is 2. The molecule has 0 amide bonds. The zero-order valence-corrected chi connectivity index (χ0v) is 19.9. The van der Waals surface area contributed by atoms with Gasteiger partial charge in [-0.3, -0.25) is 5.41 Å². The van der Waals surface area contributed by atoms with Gasteiger partial charge in [0.05, 0.1) is 23.9 Å². The van der Waals surface area contributed by atoms with E-state index in [1.807, 2.05) is 44.4 Å². The molecule has 0 saturated heterocycles. The Labute approximate surface area is 195 Å². The van der Waals surface area contributed by atoms with Gasteiger partial charge in [0.15, 0.2) is 11.5 Å². The average molecular weight is 527 g/mol. The third kappa shape index (κ3) is 3.45. The number of anilines is 1. The molecule has 0 radical (unpaired) electrons. The number of benzene rings is 3. The van der Waals surface area contributed by atoms with E-state index >= 15 is 0 Å². The summed E-state index contributed by atoms with van der Waals surface area (Å²) >= 11 is 2.20. The first kappa shape index (κ1) is 21.2. The van der Waals surface area contributed by atoms with E-state index in [9.17, 15) is 5.26 Å². The molecule has 2 atom stereocenters. The summed E-state index contributed by atoms with van der Waals surface area (Å²) in [6.45, 7) is 0. The van der Waals surface area contributed by atoms with Crippen LogP contribution >= 0.6 is 22.6 Å². The van der Waals surface area contributed by atoms with Crippen LogP contribution in [-0.4, -0.2) is 34.2 Å². The summed E-state index contributed by atoms with van der Waals surface area (Å²) in [5, 5.41) is 20.4. The molecule has 1 aliphatic rings. The van der Waals surface area contributed by atoms with Crippen LogP contribution in [0.5, 0.6) is 17.2 Å². The number of halogens is 1. The molecule has 2 unspecified atom stereocenters. The lowest BCUT2D eigenvalue weighted by atomic mass is 9.78. The monoisotopic (exact) mass is 527 g/mol. The molecular formula is C24H22IN3O3. The summed E-state index contributed by atoms with van der Waals surface area (Å²) in [7, 11) is 7.19. The van der Waals surface area contributed by atoms with Gasteiger partial charge in [-0.25, -0.2) is 0 Å². The average Bonchev–Trinajstić information content (AvgIpc) is 2.76. The van der Waals surface area contributed by atoms with E-state index in [4.69, 9.17) is 19.6 Å². The lowest BCUT2D eigenvalue weighted by molar-refractivity contribution is 0.352. The van der Waals surface area contributed by atoms with E-state index in [2.05, 4.69) is 45.7 Å². The van der Waals surface area contributed by atoms with Crippen LogP contribution in [0.4, 0.5) is 5.69 Å². The standard InChI is InChI=1S/C24H22IN3O3/c1-28(2)19-7-5-6-15-14(19)8-9-16-21(17(12-26)24(27)31-22(15)16)13-10-18(25)23(30-4)20(11-13)29-3/h5-11,17,21,27H,1-4H3. The van der Waals surface area contributed by atoms with Crippen molar-refractivity contribution in [3.8, 4) is 23.3 Å². The van der Waals surface area contributed by atoms with E-state index in [1.165, 1.54) is 0 Å². The molecule has 7 heteroatoms. The van der Waals surface area contributed by atoms with Gasteiger partial charge < -0.3 is 19.1 Å². The van der Waals surface area contributed by atoms with Crippen LogP contribution in [-0.2, 0) is 0 Å². The highest BCUT2D eigenvalue weighted by molar-refractivity contribution is 14.1. The summed E-state index contributed by atoms with van der Waals surface area (Å²) in [6, 6.07) is 16.3. The first-order valence-electron chi connectivity index (χ1n) is 9.71. The molecule has 0 fully saturated rings. The van der Waals surface area contributed by atoms with Gasteiger partial charge in [-0.05, 0) is 46.4 Å². The predicted molar refractivity (Wildman–Crippen MR) is 130 cm³/mol. The Kier molecular flexibility index (Phi) is 5.67. The van der Waals surface area contributed by atoms with Crippen molar-refractivity contribution in [3.63, 3.8) is 0 Å². The Morgan fingerprint density at radius 3 is 2.52 bits per heavy atom. The van der Waals surface area contributed by atoms with Crippen molar-refractivity contribution in [2.45, 2.75) is 5.92 Å². The summed E-state index contributed by atoms with van der Waals surface area (Å²) in [5.74, 6) is 0.728. The van der Waals surface area contributed by atoms with Gasteiger partial charge in [0.2, 0.25) is 5.90 Å². The molecular weight excluding hydrogens is 505 g/mol. The third-order valence-corrected chi connectivity index (χ3v) is 6.42. The maximum absolute atomic E-state index is 9.91. The first-order valence-corrected chi connectivity index (χ1v) is 10.8. The topological polar surface area (TPSA) is 78.6 Å². The number of nitriles is 1. The molecule has 3 aromatic rings. The Bertz CT molecular complexity index is 1230. The van der Waals surface area contributed by atoms with Crippen LogP contribution in [0.3, 0.4) is 0 Å². The number of rotatable bonds is 4. The number of hydrogen-bond donors (Lipinski definition) is 1. The minimum absolute atomic E-state index is 0.0486. The van der Waals surface area contributed by atoms with Crippen LogP contribution in [0.1, 0.15) is 17.0 Å². The zero-order valence-electron chi connectivity index (χ0n) is 17.7. The van der Waals surface area contributed by atoms with Gasteiger partial charge in [0, 0.05) is 42.0 Å². The van der Waals surface area contributed by atoms with Crippen molar-refractivity contribution in [2.24, 2.45) is 5.92 Å². The lowest BCUT2D eigenvalue weighted by Gasteiger charge is -2.32. The SMILES string of the molecule is COc1cc(C2c3ccc4c(N(C)C)cccc4c3OC(=N)C2C#N)cc(I)c1OC. The number of nitrogens with one attached hydrogen (secondary N) is 1. The second kappa shape index (κ2) is 8.27. The van der Waals surface area contributed by atoms with Gasteiger partial charge in [-0.2, -0.15) is 5.26 Å². The predicted octanol–water partition coefficient (Wildman–Crippen LogP) is 5.17. The summed E-state index contributed by atoms with van der Waals surface area (Å²) < 4.78 is 17.8. The number of nitrogens with zero attached hydrogens (tertiary/aromatic N) is 2. The fraction of sp³-hybridized carbons (Fsp3) is 0.250. The van der Waals surface area contributed by atoms with E-state index in [0.717, 1.165) is 31.2 Å². The van der Waals surface area contributed by atoms with Crippen molar-refractivity contribution in [2.75, 3.05) is 33.2 Å². The molecule has 0 bridgehead atoms. The highest BCUT2D eigenvalue weighted by Crippen LogP contribution is 2.48. The smallest absolute Gasteiger partial charge is 0.205 e. The van der Waals surface area contributed by atoms with E-state index < -0.39 is 5.92 Å². The van der Waals surface area contributed by atoms with Crippen molar-refractivity contribution in [1.29, 1.82) is 10.7 Å². The van der Waals surface area contributed by atoms with Gasteiger partial charge in [0.1, 0.15) is 11.7 Å². The Balaban J connectivity index is 1.99.